The Balaban J connectivity index is 1.45. The molecular weight excluding hydrogens is 370 g/mol. The lowest BCUT2D eigenvalue weighted by molar-refractivity contribution is 0.198. The summed E-state index contributed by atoms with van der Waals surface area (Å²) in [4.78, 5) is 19.9. The van der Waals surface area contributed by atoms with Crippen molar-refractivity contribution in [3.63, 3.8) is 0 Å². The quantitative estimate of drug-likeness (QED) is 0.641. The molecule has 0 atom stereocenters. The molecule has 1 aliphatic heterocycles. The summed E-state index contributed by atoms with van der Waals surface area (Å²) in [5.41, 5.74) is 2.27. The van der Waals surface area contributed by atoms with Gasteiger partial charge in [0.05, 0.1) is 17.2 Å². The molecule has 7 heteroatoms. The van der Waals surface area contributed by atoms with Gasteiger partial charge in [0, 0.05) is 24.4 Å². The third-order valence-electron chi connectivity index (χ3n) is 5.45. The Morgan fingerprint density at radius 2 is 1.89 bits per heavy atom. The van der Waals surface area contributed by atoms with Crippen LogP contribution < -0.4 is 5.69 Å². The van der Waals surface area contributed by atoms with Crippen LogP contribution in [0.5, 0.6) is 0 Å². The minimum absolute atomic E-state index is 0.00160. The van der Waals surface area contributed by atoms with Crippen LogP contribution in [0.3, 0.4) is 0 Å². The van der Waals surface area contributed by atoms with Crippen LogP contribution in [0.1, 0.15) is 47.8 Å². The summed E-state index contributed by atoms with van der Waals surface area (Å²) in [5, 5.41) is 8.03. The van der Waals surface area contributed by atoms with Gasteiger partial charge in [0.25, 0.3) is 0 Å². The number of hydrogen-bond acceptors (Lipinski definition) is 5. The topological polar surface area (TPSA) is 56.0 Å². The van der Waals surface area contributed by atoms with E-state index in [0.29, 0.717) is 19.0 Å². The number of benzene rings is 1. The number of likely N-dealkylation sites (tertiary alicyclic amines) is 1. The van der Waals surface area contributed by atoms with E-state index in [9.17, 15) is 4.79 Å². The van der Waals surface area contributed by atoms with Crippen molar-refractivity contribution < 1.29 is 0 Å². The smallest absolute Gasteiger partial charge is 0.297 e. The highest BCUT2D eigenvalue weighted by Gasteiger charge is 2.26. The molecule has 4 rings (SSSR count). The van der Waals surface area contributed by atoms with Crippen LogP contribution in [0, 0.1) is 6.92 Å². The summed E-state index contributed by atoms with van der Waals surface area (Å²) in [5.74, 6) is 1.30. The SMILES string of the molecule is CCn1c(C2CCN(Cc3csc(C)n3)CC2)nn(Cc2ccccc2)c1=O. The maximum atomic E-state index is 12.8. The summed E-state index contributed by atoms with van der Waals surface area (Å²) in [6.07, 6.45) is 2.07. The lowest BCUT2D eigenvalue weighted by Crippen LogP contribution is -2.34. The molecule has 28 heavy (non-hydrogen) atoms. The van der Waals surface area contributed by atoms with Crippen molar-refractivity contribution in [2.24, 2.45) is 0 Å². The number of nitrogens with zero attached hydrogens (tertiary/aromatic N) is 5. The molecule has 1 aliphatic rings. The molecule has 0 aliphatic carbocycles. The van der Waals surface area contributed by atoms with Gasteiger partial charge in [-0.2, -0.15) is 5.10 Å². The maximum absolute atomic E-state index is 12.8. The Morgan fingerprint density at radius 3 is 2.54 bits per heavy atom. The molecule has 1 saturated heterocycles. The number of piperidine rings is 1. The molecular formula is C21H27N5OS. The highest BCUT2D eigenvalue weighted by atomic mass is 32.1. The van der Waals surface area contributed by atoms with E-state index in [0.717, 1.165) is 48.9 Å². The Labute approximate surface area is 169 Å². The summed E-state index contributed by atoms with van der Waals surface area (Å²) < 4.78 is 3.48. The Kier molecular flexibility index (Phi) is 5.73. The standard InChI is InChI=1S/C21H27N5OS/c1-3-25-20(23-26(21(25)27)13-17-7-5-4-6-8-17)18-9-11-24(12-10-18)14-19-15-28-16(2)22-19/h4-8,15,18H,3,9-14H2,1-2H3. The van der Waals surface area contributed by atoms with Crippen LogP contribution in [0.25, 0.3) is 0 Å². The van der Waals surface area contributed by atoms with E-state index in [1.807, 2.05) is 41.8 Å². The molecule has 1 fully saturated rings. The first-order valence-corrected chi connectivity index (χ1v) is 10.9. The van der Waals surface area contributed by atoms with Gasteiger partial charge in [-0.25, -0.2) is 14.5 Å². The van der Waals surface area contributed by atoms with Gasteiger partial charge >= 0.3 is 5.69 Å². The summed E-state index contributed by atoms with van der Waals surface area (Å²) in [6, 6.07) is 10.1. The monoisotopic (exact) mass is 397 g/mol. The van der Waals surface area contributed by atoms with E-state index < -0.39 is 0 Å². The second kappa shape index (κ2) is 8.41. The molecule has 0 N–H and O–H groups in total. The predicted octanol–water partition coefficient (Wildman–Crippen LogP) is 3.26. The van der Waals surface area contributed by atoms with E-state index in [-0.39, 0.29) is 5.69 Å². The van der Waals surface area contributed by atoms with Gasteiger partial charge in [0.2, 0.25) is 0 Å². The number of hydrogen-bond donors (Lipinski definition) is 0. The molecule has 0 spiro atoms. The van der Waals surface area contributed by atoms with Gasteiger partial charge in [-0.15, -0.1) is 11.3 Å². The van der Waals surface area contributed by atoms with E-state index in [1.54, 1.807) is 16.0 Å². The molecule has 2 aromatic heterocycles. The van der Waals surface area contributed by atoms with Crippen LogP contribution in [0.15, 0.2) is 40.5 Å². The van der Waals surface area contributed by atoms with Crippen LogP contribution in [0.4, 0.5) is 0 Å². The fraction of sp³-hybridized carbons (Fsp3) is 0.476. The van der Waals surface area contributed by atoms with Gasteiger partial charge in [0.1, 0.15) is 5.82 Å². The van der Waals surface area contributed by atoms with Crippen molar-refractivity contribution in [3.8, 4) is 0 Å². The average Bonchev–Trinajstić information content (AvgIpc) is 3.26. The molecule has 0 unspecified atom stereocenters. The van der Waals surface area contributed by atoms with Crippen molar-refractivity contribution >= 4 is 11.3 Å². The third kappa shape index (κ3) is 4.10. The van der Waals surface area contributed by atoms with E-state index >= 15 is 0 Å². The van der Waals surface area contributed by atoms with Gasteiger partial charge in [0.15, 0.2) is 0 Å². The predicted molar refractivity (Wildman–Crippen MR) is 112 cm³/mol. The zero-order chi connectivity index (χ0) is 19.5. The third-order valence-corrected chi connectivity index (χ3v) is 6.27. The first kappa shape index (κ1) is 19.1. The van der Waals surface area contributed by atoms with Crippen molar-refractivity contribution in [2.45, 2.75) is 52.2 Å². The highest BCUT2D eigenvalue weighted by Crippen LogP contribution is 2.27. The minimum atomic E-state index is 0.00160. The zero-order valence-electron chi connectivity index (χ0n) is 16.5. The number of aryl methyl sites for hydroxylation is 1. The lowest BCUT2D eigenvalue weighted by Gasteiger charge is -2.30. The van der Waals surface area contributed by atoms with Crippen molar-refractivity contribution in [1.29, 1.82) is 0 Å². The van der Waals surface area contributed by atoms with E-state index in [4.69, 9.17) is 5.10 Å². The van der Waals surface area contributed by atoms with Crippen molar-refractivity contribution in [3.05, 3.63) is 68.3 Å². The average molecular weight is 398 g/mol. The van der Waals surface area contributed by atoms with Gasteiger partial charge in [-0.05, 0) is 45.3 Å². The molecule has 0 amide bonds. The van der Waals surface area contributed by atoms with Crippen molar-refractivity contribution in [2.75, 3.05) is 13.1 Å². The normalized spacial score (nSPS) is 15.9. The molecule has 3 heterocycles. The first-order valence-electron chi connectivity index (χ1n) is 9.99. The second-order valence-corrected chi connectivity index (χ2v) is 8.50. The van der Waals surface area contributed by atoms with Gasteiger partial charge in [-0.3, -0.25) is 9.47 Å². The highest BCUT2D eigenvalue weighted by molar-refractivity contribution is 7.09. The number of rotatable bonds is 6. The first-order chi connectivity index (χ1) is 13.6. The molecule has 0 bridgehead atoms. The fourth-order valence-corrected chi connectivity index (χ4v) is 4.58. The van der Waals surface area contributed by atoms with Crippen LogP contribution in [0.2, 0.25) is 0 Å². The van der Waals surface area contributed by atoms with Crippen molar-refractivity contribution in [1.82, 2.24) is 24.2 Å². The van der Waals surface area contributed by atoms with Gasteiger partial charge in [-0.1, -0.05) is 30.3 Å². The number of aromatic nitrogens is 4. The van der Waals surface area contributed by atoms with E-state index in [2.05, 4.69) is 22.2 Å². The maximum Gasteiger partial charge on any atom is 0.346 e. The Bertz CT molecular complexity index is 966. The summed E-state index contributed by atoms with van der Waals surface area (Å²) >= 11 is 1.71. The molecule has 148 valence electrons. The summed E-state index contributed by atoms with van der Waals surface area (Å²) in [7, 11) is 0. The molecule has 0 saturated carbocycles. The number of thiazole rings is 1. The van der Waals surface area contributed by atoms with Crippen LogP contribution >= 0.6 is 11.3 Å². The fourth-order valence-electron chi connectivity index (χ4n) is 3.98. The van der Waals surface area contributed by atoms with E-state index in [1.165, 1.54) is 5.69 Å². The van der Waals surface area contributed by atoms with Gasteiger partial charge < -0.3 is 0 Å². The lowest BCUT2D eigenvalue weighted by atomic mass is 9.96. The largest absolute Gasteiger partial charge is 0.346 e. The minimum Gasteiger partial charge on any atom is -0.297 e. The zero-order valence-corrected chi connectivity index (χ0v) is 17.4. The molecule has 6 nitrogen and oxygen atoms in total. The van der Waals surface area contributed by atoms with Crippen LogP contribution in [-0.2, 0) is 19.6 Å². The Hall–Kier alpha value is -2.25. The summed E-state index contributed by atoms with van der Waals surface area (Å²) in [6.45, 7) is 8.23. The molecule has 1 aromatic carbocycles. The Morgan fingerprint density at radius 1 is 1.14 bits per heavy atom. The molecule has 3 aromatic rings. The molecule has 0 radical (unpaired) electrons. The van der Waals surface area contributed by atoms with Crippen LogP contribution in [-0.4, -0.2) is 37.3 Å². The second-order valence-electron chi connectivity index (χ2n) is 7.44.